The first-order valence-electron chi connectivity index (χ1n) is 4.11. The highest BCUT2D eigenvalue weighted by Crippen LogP contribution is 2.38. The van der Waals surface area contributed by atoms with Crippen LogP contribution >= 0.6 is 47.8 Å². The van der Waals surface area contributed by atoms with E-state index in [0.717, 1.165) is 30.1 Å². The highest BCUT2D eigenvalue weighted by atomic mass is 79.9. The van der Waals surface area contributed by atoms with Gasteiger partial charge in [-0.05, 0) is 44.0 Å². The summed E-state index contributed by atoms with van der Waals surface area (Å²) >= 11 is 10.4. The van der Waals surface area contributed by atoms with E-state index in [4.69, 9.17) is 4.74 Å². The molecule has 0 aliphatic carbocycles. The van der Waals surface area contributed by atoms with E-state index in [1.165, 1.54) is 0 Å². The van der Waals surface area contributed by atoms with Crippen molar-refractivity contribution in [1.29, 1.82) is 0 Å². The Morgan fingerprint density at radius 1 is 1.13 bits per heavy atom. The van der Waals surface area contributed by atoms with Crippen LogP contribution in [0.25, 0.3) is 10.9 Å². The first kappa shape index (κ1) is 11.4. The second-order valence-electron chi connectivity index (χ2n) is 2.89. The minimum atomic E-state index is 0.765. The molecule has 1 heterocycles. The second-order valence-corrected chi connectivity index (χ2v) is 5.40. The molecule has 2 rings (SSSR count). The predicted molar refractivity (Wildman–Crippen MR) is 71.4 cm³/mol. The van der Waals surface area contributed by atoms with Gasteiger partial charge in [0.15, 0.2) is 0 Å². The van der Waals surface area contributed by atoms with Gasteiger partial charge in [0.05, 0.1) is 11.6 Å². The molecule has 0 amide bonds. The summed E-state index contributed by atoms with van der Waals surface area (Å²) in [6.07, 6.45) is 1.75. The lowest BCUT2D eigenvalue weighted by Crippen LogP contribution is -1.89. The highest BCUT2D eigenvalue weighted by Gasteiger charge is 2.11. The number of benzene rings is 1. The predicted octanol–water partition coefficient (Wildman–Crippen LogP) is 4.53. The van der Waals surface area contributed by atoms with Crippen LogP contribution in [0.1, 0.15) is 0 Å². The average Bonchev–Trinajstić information content (AvgIpc) is 2.24. The SMILES string of the molecule is COc1ccc(Br)c2c(Br)c(Br)cnc12. The third-order valence-electron chi connectivity index (χ3n) is 2.05. The first-order valence-corrected chi connectivity index (χ1v) is 6.49. The maximum atomic E-state index is 5.26. The van der Waals surface area contributed by atoms with Gasteiger partial charge in [0.25, 0.3) is 0 Å². The number of fused-ring (bicyclic) bond motifs is 1. The molecular formula is C10H6Br3NO. The number of methoxy groups -OCH3 is 1. The van der Waals surface area contributed by atoms with Crippen LogP contribution in [0.4, 0.5) is 0 Å². The van der Waals surface area contributed by atoms with Crippen molar-refractivity contribution in [2.24, 2.45) is 0 Å². The summed E-state index contributed by atoms with van der Waals surface area (Å²) in [6.45, 7) is 0. The quantitative estimate of drug-likeness (QED) is 0.707. The molecule has 0 fully saturated rings. The van der Waals surface area contributed by atoms with Gasteiger partial charge in [-0.15, -0.1) is 0 Å². The summed E-state index contributed by atoms with van der Waals surface area (Å²) in [5.41, 5.74) is 0.835. The van der Waals surface area contributed by atoms with Crippen LogP contribution < -0.4 is 4.74 Å². The molecule has 0 spiro atoms. The molecule has 5 heteroatoms. The molecule has 2 nitrogen and oxygen atoms in total. The number of hydrogen-bond donors (Lipinski definition) is 0. The van der Waals surface area contributed by atoms with Gasteiger partial charge >= 0.3 is 0 Å². The Balaban J connectivity index is 2.93. The largest absolute Gasteiger partial charge is 0.494 e. The lowest BCUT2D eigenvalue weighted by molar-refractivity contribution is 0.419. The number of nitrogens with zero attached hydrogens (tertiary/aromatic N) is 1. The van der Waals surface area contributed by atoms with Crippen LogP contribution in [0, 0.1) is 0 Å². The van der Waals surface area contributed by atoms with Crippen LogP contribution in [0.3, 0.4) is 0 Å². The molecule has 0 atom stereocenters. The van der Waals surface area contributed by atoms with Gasteiger partial charge in [0, 0.05) is 20.5 Å². The number of hydrogen-bond acceptors (Lipinski definition) is 2. The topological polar surface area (TPSA) is 22.1 Å². The van der Waals surface area contributed by atoms with Gasteiger partial charge in [-0.2, -0.15) is 0 Å². The Hall–Kier alpha value is -0.130. The zero-order chi connectivity index (χ0) is 11.0. The van der Waals surface area contributed by atoms with E-state index in [-0.39, 0.29) is 0 Å². The zero-order valence-corrected chi connectivity index (χ0v) is 12.5. The van der Waals surface area contributed by atoms with E-state index in [1.54, 1.807) is 13.3 Å². The molecule has 0 saturated heterocycles. The summed E-state index contributed by atoms with van der Waals surface area (Å²) < 4.78 is 8.13. The monoisotopic (exact) mass is 393 g/mol. The van der Waals surface area contributed by atoms with Crippen molar-refractivity contribution in [3.8, 4) is 5.75 Å². The number of ether oxygens (including phenoxy) is 1. The van der Waals surface area contributed by atoms with Gasteiger partial charge in [-0.3, -0.25) is 4.98 Å². The van der Waals surface area contributed by atoms with Crippen LogP contribution in [0.2, 0.25) is 0 Å². The Labute approximate surface area is 112 Å². The highest BCUT2D eigenvalue weighted by molar-refractivity contribution is 9.13. The smallest absolute Gasteiger partial charge is 0.145 e. The van der Waals surface area contributed by atoms with Crippen molar-refractivity contribution in [2.75, 3.05) is 7.11 Å². The van der Waals surface area contributed by atoms with Crippen molar-refractivity contribution in [1.82, 2.24) is 4.98 Å². The molecule has 15 heavy (non-hydrogen) atoms. The molecule has 0 N–H and O–H groups in total. The fourth-order valence-corrected chi connectivity index (χ4v) is 2.94. The Kier molecular flexibility index (Phi) is 3.33. The summed E-state index contributed by atoms with van der Waals surface area (Å²) in [5.74, 6) is 0.765. The molecular weight excluding hydrogens is 390 g/mol. The fraction of sp³-hybridized carbons (Fsp3) is 0.100. The Morgan fingerprint density at radius 2 is 1.87 bits per heavy atom. The number of pyridine rings is 1. The van der Waals surface area contributed by atoms with Crippen LogP contribution in [0.5, 0.6) is 5.75 Å². The molecule has 0 aliphatic heterocycles. The van der Waals surface area contributed by atoms with E-state index >= 15 is 0 Å². The van der Waals surface area contributed by atoms with Gasteiger partial charge < -0.3 is 4.74 Å². The molecule has 0 bridgehead atoms. The summed E-state index contributed by atoms with van der Waals surface area (Å²) in [5, 5.41) is 1.00. The zero-order valence-electron chi connectivity index (χ0n) is 7.72. The third kappa shape index (κ3) is 1.92. The lowest BCUT2D eigenvalue weighted by atomic mass is 10.2. The lowest BCUT2D eigenvalue weighted by Gasteiger charge is -2.08. The Morgan fingerprint density at radius 3 is 2.53 bits per heavy atom. The summed E-state index contributed by atoms with van der Waals surface area (Å²) in [7, 11) is 1.64. The van der Waals surface area contributed by atoms with E-state index in [9.17, 15) is 0 Å². The molecule has 0 unspecified atom stereocenters. The van der Waals surface area contributed by atoms with Crippen LogP contribution in [-0.4, -0.2) is 12.1 Å². The maximum Gasteiger partial charge on any atom is 0.145 e. The number of rotatable bonds is 1. The molecule has 78 valence electrons. The van der Waals surface area contributed by atoms with E-state index < -0.39 is 0 Å². The van der Waals surface area contributed by atoms with Gasteiger partial charge in [0.1, 0.15) is 11.3 Å². The second kappa shape index (κ2) is 4.39. The van der Waals surface area contributed by atoms with Gasteiger partial charge in [0.2, 0.25) is 0 Å². The molecule has 0 aliphatic rings. The standard InChI is InChI=1S/C10H6Br3NO/c1-15-7-3-2-5(11)8-9(13)6(12)4-14-10(7)8/h2-4H,1H3. The van der Waals surface area contributed by atoms with E-state index in [2.05, 4.69) is 52.8 Å². The minimum Gasteiger partial charge on any atom is -0.494 e. The maximum absolute atomic E-state index is 5.26. The summed E-state index contributed by atoms with van der Waals surface area (Å²) in [6, 6.07) is 3.83. The van der Waals surface area contributed by atoms with Gasteiger partial charge in [-0.1, -0.05) is 15.9 Å². The Bertz CT molecular complexity index is 528. The normalized spacial score (nSPS) is 10.7. The summed E-state index contributed by atoms with van der Waals surface area (Å²) in [4.78, 5) is 4.34. The van der Waals surface area contributed by atoms with Crippen molar-refractivity contribution in [3.05, 3.63) is 31.7 Å². The molecule has 0 saturated carbocycles. The fourth-order valence-electron chi connectivity index (χ4n) is 1.35. The van der Waals surface area contributed by atoms with E-state index in [1.807, 2.05) is 12.1 Å². The van der Waals surface area contributed by atoms with Crippen LogP contribution in [0.15, 0.2) is 31.7 Å². The first-order chi connectivity index (χ1) is 7.15. The number of halogens is 3. The minimum absolute atomic E-state index is 0.765. The average molecular weight is 396 g/mol. The van der Waals surface area contributed by atoms with Crippen molar-refractivity contribution in [2.45, 2.75) is 0 Å². The molecule has 0 radical (unpaired) electrons. The molecule has 1 aromatic carbocycles. The van der Waals surface area contributed by atoms with Gasteiger partial charge in [-0.25, -0.2) is 0 Å². The van der Waals surface area contributed by atoms with Crippen molar-refractivity contribution >= 4 is 58.7 Å². The third-order valence-corrected chi connectivity index (χ3v) is 4.66. The molecule has 2 aromatic rings. The number of aromatic nitrogens is 1. The van der Waals surface area contributed by atoms with E-state index in [0.29, 0.717) is 0 Å². The van der Waals surface area contributed by atoms with Crippen molar-refractivity contribution < 1.29 is 4.74 Å². The van der Waals surface area contributed by atoms with Crippen molar-refractivity contribution in [3.63, 3.8) is 0 Å². The van der Waals surface area contributed by atoms with Crippen LogP contribution in [-0.2, 0) is 0 Å². The molecule has 1 aromatic heterocycles.